The zero-order valence-electron chi connectivity index (χ0n) is 10.4. The Balaban J connectivity index is 1.89. The zero-order chi connectivity index (χ0) is 12.3. The van der Waals surface area contributed by atoms with Crippen LogP contribution in [0, 0.1) is 0 Å². The maximum atomic E-state index is 12.3. The van der Waals surface area contributed by atoms with Gasteiger partial charge >= 0.3 is 0 Å². The number of nitrogens with one attached hydrogen (secondary N) is 1. The number of thioether (sulfide) groups is 1. The van der Waals surface area contributed by atoms with Crippen LogP contribution in [0.1, 0.15) is 26.2 Å². The highest BCUT2D eigenvalue weighted by Gasteiger charge is 2.30. The molecular weight excluding hydrogens is 256 g/mol. The van der Waals surface area contributed by atoms with Gasteiger partial charge in [0.05, 0.1) is 5.25 Å². The first-order valence-corrected chi connectivity index (χ1v) is 9.06. The second-order valence-electron chi connectivity index (χ2n) is 4.90. The second-order valence-corrected chi connectivity index (χ2v) is 8.48. The van der Waals surface area contributed by atoms with Gasteiger partial charge in [-0.2, -0.15) is 11.8 Å². The van der Waals surface area contributed by atoms with E-state index in [1.807, 2.05) is 18.7 Å². The van der Waals surface area contributed by atoms with Crippen LogP contribution in [0.2, 0.25) is 0 Å². The minimum atomic E-state index is -3.10. The summed E-state index contributed by atoms with van der Waals surface area (Å²) in [6.45, 7) is 3.79. The highest BCUT2D eigenvalue weighted by atomic mass is 32.2. The van der Waals surface area contributed by atoms with E-state index in [1.165, 1.54) is 12.8 Å². The SMILES string of the molecule is CC(CNC1CC1)S(=O)(=O)N1CCCSCC1. The third kappa shape index (κ3) is 3.84. The van der Waals surface area contributed by atoms with E-state index in [4.69, 9.17) is 0 Å². The first-order valence-electron chi connectivity index (χ1n) is 6.41. The van der Waals surface area contributed by atoms with Crippen LogP contribution in [-0.4, -0.2) is 55.2 Å². The van der Waals surface area contributed by atoms with Crippen LogP contribution in [0.5, 0.6) is 0 Å². The lowest BCUT2D eigenvalue weighted by molar-refractivity contribution is 0.425. The van der Waals surface area contributed by atoms with Gasteiger partial charge < -0.3 is 5.32 Å². The van der Waals surface area contributed by atoms with E-state index in [-0.39, 0.29) is 5.25 Å². The topological polar surface area (TPSA) is 49.4 Å². The van der Waals surface area contributed by atoms with Gasteiger partial charge in [0.25, 0.3) is 0 Å². The molecule has 100 valence electrons. The van der Waals surface area contributed by atoms with Gasteiger partial charge in [-0.25, -0.2) is 12.7 Å². The number of hydrogen-bond donors (Lipinski definition) is 1. The molecule has 1 atom stereocenters. The Hall–Kier alpha value is 0.220. The molecule has 2 fully saturated rings. The van der Waals surface area contributed by atoms with Gasteiger partial charge in [-0.1, -0.05) is 0 Å². The minimum Gasteiger partial charge on any atom is -0.313 e. The van der Waals surface area contributed by atoms with Crippen LogP contribution >= 0.6 is 11.8 Å². The van der Waals surface area contributed by atoms with Crippen molar-refractivity contribution in [2.75, 3.05) is 31.1 Å². The Kier molecular flexibility index (Phi) is 4.74. The van der Waals surface area contributed by atoms with Crippen molar-refractivity contribution >= 4 is 21.8 Å². The fraction of sp³-hybridized carbons (Fsp3) is 1.00. The van der Waals surface area contributed by atoms with Crippen LogP contribution in [0.25, 0.3) is 0 Å². The first-order chi connectivity index (χ1) is 8.10. The van der Waals surface area contributed by atoms with Crippen molar-refractivity contribution in [3.05, 3.63) is 0 Å². The lowest BCUT2D eigenvalue weighted by Crippen LogP contribution is -2.43. The molecule has 0 amide bonds. The van der Waals surface area contributed by atoms with Gasteiger partial charge in [0.15, 0.2) is 0 Å². The van der Waals surface area contributed by atoms with Gasteiger partial charge in [-0.15, -0.1) is 0 Å². The number of hydrogen-bond acceptors (Lipinski definition) is 4. The molecule has 1 N–H and O–H groups in total. The zero-order valence-corrected chi connectivity index (χ0v) is 12.0. The largest absolute Gasteiger partial charge is 0.313 e. The molecule has 4 nitrogen and oxygen atoms in total. The Morgan fingerprint density at radius 2 is 2.12 bits per heavy atom. The van der Waals surface area contributed by atoms with Crippen LogP contribution in [0.4, 0.5) is 0 Å². The summed E-state index contributed by atoms with van der Waals surface area (Å²) in [5.74, 6) is 2.02. The summed E-state index contributed by atoms with van der Waals surface area (Å²) in [5.41, 5.74) is 0. The smallest absolute Gasteiger partial charge is 0.217 e. The van der Waals surface area contributed by atoms with Gasteiger partial charge in [0.1, 0.15) is 0 Å². The average Bonchev–Trinajstić information content (AvgIpc) is 3.12. The van der Waals surface area contributed by atoms with E-state index < -0.39 is 10.0 Å². The predicted molar refractivity (Wildman–Crippen MR) is 72.9 cm³/mol. The number of sulfonamides is 1. The van der Waals surface area contributed by atoms with Gasteiger partial charge in [0.2, 0.25) is 10.0 Å². The second kappa shape index (κ2) is 5.91. The molecule has 0 aromatic rings. The number of nitrogens with zero attached hydrogens (tertiary/aromatic N) is 1. The lowest BCUT2D eigenvalue weighted by atomic mass is 10.4. The van der Waals surface area contributed by atoms with E-state index >= 15 is 0 Å². The maximum Gasteiger partial charge on any atom is 0.217 e. The monoisotopic (exact) mass is 278 g/mol. The molecule has 17 heavy (non-hydrogen) atoms. The van der Waals surface area contributed by atoms with Crippen molar-refractivity contribution in [2.45, 2.75) is 37.5 Å². The summed E-state index contributed by atoms with van der Waals surface area (Å²) in [6.07, 6.45) is 3.38. The molecule has 6 heteroatoms. The van der Waals surface area contributed by atoms with Gasteiger partial charge in [0, 0.05) is 31.4 Å². The standard InChI is InChI=1S/C11H22N2O2S2/c1-10(9-12-11-3-4-11)17(14,15)13-5-2-7-16-8-6-13/h10-12H,2-9H2,1H3. The molecule has 1 heterocycles. The van der Waals surface area contributed by atoms with Crippen molar-refractivity contribution < 1.29 is 8.42 Å². The third-order valence-electron chi connectivity index (χ3n) is 3.32. The predicted octanol–water partition coefficient (Wildman–Crippen LogP) is 0.896. The summed E-state index contributed by atoms with van der Waals surface area (Å²) in [6, 6.07) is 0.576. The molecule has 0 spiro atoms. The summed E-state index contributed by atoms with van der Waals surface area (Å²) < 4.78 is 26.4. The molecule has 0 radical (unpaired) electrons. The fourth-order valence-corrected chi connectivity index (χ4v) is 4.51. The number of rotatable bonds is 5. The van der Waals surface area contributed by atoms with Crippen molar-refractivity contribution in [3.8, 4) is 0 Å². The third-order valence-corrected chi connectivity index (χ3v) is 6.64. The fourth-order valence-electron chi connectivity index (χ4n) is 1.96. The molecule has 1 aliphatic carbocycles. The van der Waals surface area contributed by atoms with Crippen LogP contribution in [0.3, 0.4) is 0 Å². The first kappa shape index (κ1) is 13.6. The van der Waals surface area contributed by atoms with E-state index in [1.54, 1.807) is 4.31 Å². The van der Waals surface area contributed by atoms with E-state index in [0.717, 1.165) is 17.9 Å². The molecule has 1 aliphatic heterocycles. The maximum absolute atomic E-state index is 12.3. The summed E-state index contributed by atoms with van der Waals surface area (Å²) in [4.78, 5) is 0. The van der Waals surface area contributed by atoms with Gasteiger partial charge in [-0.3, -0.25) is 0 Å². The van der Waals surface area contributed by atoms with Crippen LogP contribution in [-0.2, 0) is 10.0 Å². The molecule has 2 rings (SSSR count). The Morgan fingerprint density at radius 1 is 1.35 bits per heavy atom. The van der Waals surface area contributed by atoms with Crippen LogP contribution in [0.15, 0.2) is 0 Å². The van der Waals surface area contributed by atoms with Crippen molar-refractivity contribution in [1.29, 1.82) is 0 Å². The van der Waals surface area contributed by atoms with Crippen molar-refractivity contribution in [2.24, 2.45) is 0 Å². The normalized spacial score (nSPS) is 25.5. The van der Waals surface area contributed by atoms with E-state index in [0.29, 0.717) is 25.7 Å². The molecule has 1 saturated carbocycles. The molecular formula is C11H22N2O2S2. The van der Waals surface area contributed by atoms with E-state index in [9.17, 15) is 8.42 Å². The Labute approximate surface area is 109 Å². The molecule has 1 unspecified atom stereocenters. The highest BCUT2D eigenvalue weighted by molar-refractivity contribution is 7.99. The summed E-state index contributed by atoms with van der Waals surface area (Å²) in [5, 5.41) is 3.01. The summed E-state index contributed by atoms with van der Waals surface area (Å²) >= 11 is 1.85. The molecule has 0 bridgehead atoms. The molecule has 1 saturated heterocycles. The van der Waals surface area contributed by atoms with Crippen molar-refractivity contribution in [1.82, 2.24) is 9.62 Å². The Morgan fingerprint density at radius 3 is 2.82 bits per heavy atom. The van der Waals surface area contributed by atoms with Crippen molar-refractivity contribution in [3.63, 3.8) is 0 Å². The molecule has 0 aromatic heterocycles. The quantitative estimate of drug-likeness (QED) is 0.811. The molecule has 2 aliphatic rings. The highest BCUT2D eigenvalue weighted by Crippen LogP contribution is 2.20. The minimum absolute atomic E-state index is 0.300. The Bertz CT molecular complexity index is 333. The summed E-state index contributed by atoms with van der Waals surface area (Å²) in [7, 11) is -3.10. The molecule has 0 aromatic carbocycles. The van der Waals surface area contributed by atoms with Gasteiger partial charge in [-0.05, 0) is 31.9 Å². The van der Waals surface area contributed by atoms with Crippen LogP contribution < -0.4 is 5.32 Å². The average molecular weight is 278 g/mol. The lowest BCUT2D eigenvalue weighted by Gasteiger charge is -2.24. The van der Waals surface area contributed by atoms with E-state index in [2.05, 4.69) is 5.32 Å².